The number of carbonyl (C=O) groups excluding carboxylic acids is 1. The second-order valence-corrected chi connectivity index (χ2v) is 6.00. The number of hydrogen-bond acceptors (Lipinski definition) is 3. The third kappa shape index (κ3) is 3.79. The van der Waals surface area contributed by atoms with Gasteiger partial charge in [0.15, 0.2) is 0 Å². The molecule has 0 radical (unpaired) electrons. The molecule has 0 saturated carbocycles. The number of carbonyl (C=O) groups is 1. The summed E-state index contributed by atoms with van der Waals surface area (Å²) >= 11 is 5.12. The lowest BCUT2D eigenvalue weighted by Crippen LogP contribution is -2.48. The Labute approximate surface area is 115 Å². The monoisotopic (exact) mass is 316 g/mol. The van der Waals surface area contributed by atoms with Crippen molar-refractivity contribution in [1.82, 2.24) is 9.80 Å². The lowest BCUT2D eigenvalue weighted by Gasteiger charge is -2.34. The van der Waals surface area contributed by atoms with Crippen LogP contribution in [0.15, 0.2) is 17.5 Å². The average Bonchev–Trinajstić information content (AvgIpc) is 2.83. The smallest absolute Gasteiger partial charge is 0.223 e. The number of nitrogens with zero attached hydrogens (tertiary/aromatic N) is 2. The van der Waals surface area contributed by atoms with Crippen LogP contribution in [0.1, 0.15) is 11.3 Å². The van der Waals surface area contributed by atoms with Crippen molar-refractivity contribution in [3.05, 3.63) is 22.4 Å². The molecule has 1 aromatic rings. The van der Waals surface area contributed by atoms with Gasteiger partial charge in [0.2, 0.25) is 5.91 Å². The molecule has 94 valence electrons. The molecule has 1 aliphatic heterocycles. The van der Waals surface area contributed by atoms with E-state index in [4.69, 9.17) is 0 Å². The van der Waals surface area contributed by atoms with Crippen molar-refractivity contribution in [2.24, 2.45) is 0 Å². The Bertz CT molecular complexity index is 347. The summed E-state index contributed by atoms with van der Waals surface area (Å²) in [7, 11) is 0. The van der Waals surface area contributed by atoms with Crippen LogP contribution in [0.2, 0.25) is 0 Å². The first-order valence-electron chi connectivity index (χ1n) is 5.88. The number of alkyl halides is 1. The number of halogens is 1. The van der Waals surface area contributed by atoms with Gasteiger partial charge >= 0.3 is 0 Å². The van der Waals surface area contributed by atoms with Crippen LogP contribution in [-0.2, 0) is 11.3 Å². The Morgan fingerprint density at radius 1 is 1.35 bits per heavy atom. The van der Waals surface area contributed by atoms with Gasteiger partial charge in [-0.2, -0.15) is 0 Å². The summed E-state index contributed by atoms with van der Waals surface area (Å²) in [4.78, 5) is 17.5. The van der Waals surface area contributed by atoms with Gasteiger partial charge in [-0.15, -0.1) is 11.3 Å². The molecule has 1 saturated heterocycles. The van der Waals surface area contributed by atoms with E-state index in [0.29, 0.717) is 6.42 Å². The maximum atomic E-state index is 11.7. The minimum absolute atomic E-state index is 0.276. The van der Waals surface area contributed by atoms with Crippen LogP contribution in [0.5, 0.6) is 0 Å². The number of rotatable bonds is 4. The van der Waals surface area contributed by atoms with Crippen LogP contribution < -0.4 is 0 Å². The molecule has 0 unspecified atom stereocenters. The Balaban J connectivity index is 1.76. The van der Waals surface area contributed by atoms with Gasteiger partial charge in [0.25, 0.3) is 0 Å². The predicted octanol–water partition coefficient (Wildman–Crippen LogP) is 2.18. The zero-order valence-corrected chi connectivity index (χ0v) is 12.2. The SMILES string of the molecule is O=C(CCBr)N1CCN(Cc2cccs2)CC1. The van der Waals surface area contributed by atoms with E-state index in [9.17, 15) is 4.79 Å². The highest BCUT2D eigenvalue weighted by Gasteiger charge is 2.20. The van der Waals surface area contributed by atoms with Crippen molar-refractivity contribution in [1.29, 1.82) is 0 Å². The second-order valence-electron chi connectivity index (χ2n) is 4.18. The molecular formula is C12H17BrN2OS. The van der Waals surface area contributed by atoms with Crippen molar-refractivity contribution in [2.75, 3.05) is 31.5 Å². The highest BCUT2D eigenvalue weighted by Crippen LogP contribution is 2.13. The minimum Gasteiger partial charge on any atom is -0.340 e. The van der Waals surface area contributed by atoms with Gasteiger partial charge in [-0.25, -0.2) is 0 Å². The number of hydrogen-bond donors (Lipinski definition) is 0. The first kappa shape index (κ1) is 13.1. The first-order chi connectivity index (χ1) is 8.29. The molecule has 2 heterocycles. The maximum Gasteiger partial charge on any atom is 0.223 e. The maximum absolute atomic E-state index is 11.7. The molecule has 0 aromatic carbocycles. The quantitative estimate of drug-likeness (QED) is 0.795. The third-order valence-electron chi connectivity index (χ3n) is 2.99. The Morgan fingerprint density at radius 2 is 2.12 bits per heavy atom. The summed E-state index contributed by atoms with van der Waals surface area (Å²) in [6, 6.07) is 4.27. The van der Waals surface area contributed by atoms with Gasteiger partial charge in [-0.3, -0.25) is 9.69 Å². The van der Waals surface area contributed by atoms with Crippen molar-refractivity contribution in [2.45, 2.75) is 13.0 Å². The summed E-state index contributed by atoms with van der Waals surface area (Å²) in [5.74, 6) is 0.276. The lowest BCUT2D eigenvalue weighted by molar-refractivity contribution is -0.132. The minimum atomic E-state index is 0.276. The molecule has 0 bridgehead atoms. The van der Waals surface area contributed by atoms with Gasteiger partial charge in [-0.1, -0.05) is 22.0 Å². The molecule has 0 atom stereocenters. The zero-order chi connectivity index (χ0) is 12.1. The van der Waals surface area contributed by atoms with E-state index in [-0.39, 0.29) is 5.91 Å². The van der Waals surface area contributed by atoms with Gasteiger partial charge < -0.3 is 4.90 Å². The molecule has 1 aliphatic rings. The molecule has 0 aliphatic carbocycles. The van der Waals surface area contributed by atoms with Crippen LogP contribution in [0.3, 0.4) is 0 Å². The van der Waals surface area contributed by atoms with E-state index in [1.54, 1.807) is 11.3 Å². The molecular weight excluding hydrogens is 300 g/mol. The van der Waals surface area contributed by atoms with Crippen LogP contribution in [-0.4, -0.2) is 47.2 Å². The fourth-order valence-electron chi connectivity index (χ4n) is 2.02. The van der Waals surface area contributed by atoms with Crippen LogP contribution in [0.4, 0.5) is 0 Å². The average molecular weight is 317 g/mol. The fraction of sp³-hybridized carbons (Fsp3) is 0.583. The summed E-state index contributed by atoms with van der Waals surface area (Å²) in [6.45, 7) is 4.75. The molecule has 0 N–H and O–H groups in total. The van der Waals surface area contributed by atoms with Gasteiger partial charge in [0.05, 0.1) is 0 Å². The standard InChI is InChI=1S/C12H17BrN2OS/c13-4-3-12(16)15-7-5-14(6-8-15)10-11-2-1-9-17-11/h1-2,9H,3-8,10H2. The van der Waals surface area contributed by atoms with Crippen LogP contribution in [0, 0.1) is 0 Å². The molecule has 1 amide bonds. The zero-order valence-electron chi connectivity index (χ0n) is 9.77. The highest BCUT2D eigenvalue weighted by molar-refractivity contribution is 9.09. The summed E-state index contributed by atoms with van der Waals surface area (Å²) in [6.07, 6.45) is 0.616. The summed E-state index contributed by atoms with van der Waals surface area (Å²) in [5.41, 5.74) is 0. The normalized spacial score (nSPS) is 17.4. The van der Waals surface area contributed by atoms with E-state index < -0.39 is 0 Å². The molecule has 1 aromatic heterocycles. The largest absolute Gasteiger partial charge is 0.340 e. The molecule has 2 rings (SSSR count). The molecule has 0 spiro atoms. The number of piperazine rings is 1. The van der Waals surface area contributed by atoms with Gasteiger partial charge in [0.1, 0.15) is 0 Å². The Hall–Kier alpha value is -0.390. The third-order valence-corrected chi connectivity index (χ3v) is 4.25. The van der Waals surface area contributed by atoms with E-state index in [0.717, 1.165) is 38.1 Å². The Kier molecular flexibility index (Phi) is 5.00. The van der Waals surface area contributed by atoms with Crippen molar-refractivity contribution < 1.29 is 4.79 Å². The number of thiophene rings is 1. The van der Waals surface area contributed by atoms with Crippen molar-refractivity contribution in [3.63, 3.8) is 0 Å². The molecule has 1 fully saturated rings. The second kappa shape index (κ2) is 6.52. The first-order valence-corrected chi connectivity index (χ1v) is 7.88. The topological polar surface area (TPSA) is 23.6 Å². The fourth-order valence-corrected chi connectivity index (χ4v) is 3.10. The van der Waals surface area contributed by atoms with Crippen molar-refractivity contribution in [3.8, 4) is 0 Å². The van der Waals surface area contributed by atoms with Crippen molar-refractivity contribution >= 4 is 33.2 Å². The number of amides is 1. The van der Waals surface area contributed by atoms with Crippen LogP contribution >= 0.6 is 27.3 Å². The predicted molar refractivity (Wildman–Crippen MR) is 74.6 cm³/mol. The van der Waals surface area contributed by atoms with E-state index in [1.165, 1.54) is 4.88 Å². The van der Waals surface area contributed by atoms with E-state index in [1.807, 2.05) is 4.90 Å². The summed E-state index contributed by atoms with van der Waals surface area (Å²) in [5, 5.41) is 2.88. The molecule has 5 heteroatoms. The van der Waals surface area contributed by atoms with Gasteiger partial charge in [-0.05, 0) is 11.4 Å². The van der Waals surface area contributed by atoms with Gasteiger partial charge in [0, 0.05) is 49.4 Å². The van der Waals surface area contributed by atoms with Crippen LogP contribution in [0.25, 0.3) is 0 Å². The lowest BCUT2D eigenvalue weighted by atomic mass is 10.3. The van der Waals surface area contributed by atoms with E-state index >= 15 is 0 Å². The highest BCUT2D eigenvalue weighted by atomic mass is 79.9. The Morgan fingerprint density at radius 3 is 2.71 bits per heavy atom. The summed E-state index contributed by atoms with van der Waals surface area (Å²) < 4.78 is 0. The van der Waals surface area contributed by atoms with E-state index in [2.05, 4.69) is 38.3 Å². The molecule has 3 nitrogen and oxygen atoms in total. The molecule has 17 heavy (non-hydrogen) atoms.